The van der Waals surface area contributed by atoms with Crippen molar-refractivity contribution in [3.8, 4) is 0 Å². The van der Waals surface area contributed by atoms with Crippen LogP contribution in [-0.4, -0.2) is 48.6 Å². The van der Waals surface area contributed by atoms with Gasteiger partial charge < -0.3 is 14.5 Å². The molecule has 0 spiro atoms. The Morgan fingerprint density at radius 3 is 2.91 bits per heavy atom. The van der Waals surface area contributed by atoms with E-state index in [-0.39, 0.29) is 6.04 Å². The first-order valence-corrected chi connectivity index (χ1v) is 8.32. The zero-order valence-electron chi connectivity index (χ0n) is 14.9. The Morgan fingerprint density at radius 1 is 1.43 bits per heavy atom. The molecule has 23 heavy (non-hydrogen) atoms. The van der Waals surface area contributed by atoms with Gasteiger partial charge in [-0.3, -0.25) is 4.98 Å². The Kier molecular flexibility index (Phi) is 6.37. The van der Waals surface area contributed by atoms with Crippen molar-refractivity contribution in [3.63, 3.8) is 0 Å². The second kappa shape index (κ2) is 8.27. The summed E-state index contributed by atoms with van der Waals surface area (Å²) in [6.45, 7) is 11.7. The predicted molar refractivity (Wildman–Crippen MR) is 96.0 cm³/mol. The molecule has 0 aromatic carbocycles. The minimum atomic E-state index is 0.247. The highest BCUT2D eigenvalue weighted by molar-refractivity contribution is 5.50. The third-order valence-corrected chi connectivity index (χ3v) is 4.10. The van der Waals surface area contributed by atoms with Crippen LogP contribution in [0.4, 0.5) is 0 Å². The average Bonchev–Trinajstić information content (AvgIpc) is 2.71. The Bertz CT molecular complexity index is 566. The van der Waals surface area contributed by atoms with Crippen LogP contribution < -0.4 is 0 Å². The van der Waals surface area contributed by atoms with Gasteiger partial charge in [-0.1, -0.05) is 18.7 Å². The lowest BCUT2D eigenvalue weighted by Crippen LogP contribution is -2.28. The number of nitrogens with zero attached hydrogens (tertiary/aromatic N) is 3. The largest absolute Gasteiger partial charge is 0.375 e. The van der Waals surface area contributed by atoms with Crippen LogP contribution in [-0.2, 0) is 11.3 Å². The lowest BCUT2D eigenvalue weighted by molar-refractivity contribution is 0.160. The van der Waals surface area contributed by atoms with Gasteiger partial charge in [0.2, 0.25) is 0 Å². The lowest BCUT2D eigenvalue weighted by Gasteiger charge is -2.32. The van der Waals surface area contributed by atoms with Gasteiger partial charge in [0.05, 0.1) is 24.0 Å². The summed E-state index contributed by atoms with van der Waals surface area (Å²) in [4.78, 5) is 9.34. The predicted octanol–water partition coefficient (Wildman–Crippen LogP) is 3.47. The number of hydrogen-bond donors (Lipinski definition) is 0. The van der Waals surface area contributed by atoms with E-state index < -0.39 is 0 Å². The highest BCUT2D eigenvalue weighted by atomic mass is 16.5. The van der Waals surface area contributed by atoms with Crippen molar-refractivity contribution in [3.05, 3.63) is 47.4 Å². The van der Waals surface area contributed by atoms with Gasteiger partial charge in [-0.2, -0.15) is 0 Å². The van der Waals surface area contributed by atoms with Crippen LogP contribution in [0.3, 0.4) is 0 Å². The molecular formula is C19H29N3O. The number of pyridine rings is 1. The maximum Gasteiger partial charge on any atom is 0.0858 e. The zero-order valence-corrected chi connectivity index (χ0v) is 14.9. The molecule has 1 aliphatic heterocycles. The van der Waals surface area contributed by atoms with Gasteiger partial charge in [-0.05, 0) is 52.1 Å². The monoisotopic (exact) mass is 315 g/mol. The fourth-order valence-electron chi connectivity index (χ4n) is 2.99. The second-order valence-corrected chi connectivity index (χ2v) is 6.36. The normalized spacial score (nSPS) is 17.8. The van der Waals surface area contributed by atoms with Crippen LogP contribution in [0.1, 0.15) is 43.3 Å². The molecule has 1 saturated heterocycles. The standard InChI is InChI=1S/C19H29N3O/c1-6-8-19-18(10-9-17(20-19)13-21(4)5)16(3)22-11-7-12-23-14-15(22)2/h6,8-10,16H,2,7,11-14H2,1,3-5H3/b8-6+. The van der Waals surface area contributed by atoms with Crippen LogP contribution in [0.2, 0.25) is 0 Å². The summed E-state index contributed by atoms with van der Waals surface area (Å²) in [5.41, 5.74) is 4.45. The first-order valence-electron chi connectivity index (χ1n) is 8.32. The summed E-state index contributed by atoms with van der Waals surface area (Å²) in [6, 6.07) is 4.59. The van der Waals surface area contributed by atoms with E-state index in [1.54, 1.807) is 0 Å². The van der Waals surface area contributed by atoms with E-state index in [1.807, 2.05) is 6.92 Å². The molecule has 1 aromatic heterocycles. The number of hydrogen-bond acceptors (Lipinski definition) is 4. The molecule has 4 nitrogen and oxygen atoms in total. The van der Waals surface area contributed by atoms with Gasteiger partial charge >= 0.3 is 0 Å². The highest BCUT2D eigenvalue weighted by Gasteiger charge is 2.21. The minimum Gasteiger partial charge on any atom is -0.375 e. The molecule has 0 aliphatic carbocycles. The van der Waals surface area contributed by atoms with E-state index in [0.717, 1.165) is 43.2 Å². The van der Waals surface area contributed by atoms with Crippen LogP contribution in [0.5, 0.6) is 0 Å². The molecule has 1 unspecified atom stereocenters. The Balaban J connectivity index is 2.30. The average molecular weight is 315 g/mol. The number of ether oxygens (including phenoxy) is 1. The van der Waals surface area contributed by atoms with Crippen molar-refractivity contribution in [2.75, 3.05) is 33.9 Å². The van der Waals surface area contributed by atoms with Gasteiger partial charge in [0.15, 0.2) is 0 Å². The molecular weight excluding hydrogens is 286 g/mol. The third-order valence-electron chi connectivity index (χ3n) is 4.10. The number of rotatable bonds is 5. The summed E-state index contributed by atoms with van der Waals surface area (Å²) in [6.07, 6.45) is 5.19. The summed E-state index contributed by atoms with van der Waals surface area (Å²) in [7, 11) is 4.13. The molecule has 126 valence electrons. The quantitative estimate of drug-likeness (QED) is 0.832. The molecule has 2 rings (SSSR count). The maximum atomic E-state index is 5.59. The summed E-state index contributed by atoms with van der Waals surface area (Å²) in [5, 5.41) is 0. The fraction of sp³-hybridized carbons (Fsp3) is 0.526. The van der Waals surface area contributed by atoms with Crippen LogP contribution in [0, 0.1) is 0 Å². The van der Waals surface area contributed by atoms with Gasteiger partial charge in [-0.25, -0.2) is 0 Å². The summed E-state index contributed by atoms with van der Waals surface area (Å²) in [5.74, 6) is 0. The second-order valence-electron chi connectivity index (χ2n) is 6.36. The van der Waals surface area contributed by atoms with E-state index >= 15 is 0 Å². The molecule has 0 radical (unpaired) electrons. The molecule has 0 bridgehead atoms. The van der Waals surface area contributed by atoms with Gasteiger partial charge in [-0.15, -0.1) is 0 Å². The first-order chi connectivity index (χ1) is 11.0. The SMILES string of the molecule is C=C1COCCCN1C(C)c1ccc(CN(C)C)nc1/C=C/C. The number of allylic oxidation sites excluding steroid dienone is 1. The van der Waals surface area contributed by atoms with Crippen molar-refractivity contribution in [1.82, 2.24) is 14.8 Å². The lowest BCUT2D eigenvalue weighted by atomic mass is 10.0. The van der Waals surface area contributed by atoms with E-state index in [9.17, 15) is 0 Å². The Labute approximate surface area is 140 Å². The molecule has 1 aliphatic rings. The Morgan fingerprint density at radius 2 is 2.22 bits per heavy atom. The van der Waals surface area contributed by atoms with Gasteiger partial charge in [0, 0.05) is 25.4 Å². The van der Waals surface area contributed by atoms with Crippen molar-refractivity contribution in [2.45, 2.75) is 32.9 Å². The molecule has 1 atom stereocenters. The summed E-state index contributed by atoms with van der Waals surface area (Å²) >= 11 is 0. The smallest absolute Gasteiger partial charge is 0.0858 e. The van der Waals surface area contributed by atoms with Crippen LogP contribution >= 0.6 is 0 Å². The zero-order chi connectivity index (χ0) is 16.8. The van der Waals surface area contributed by atoms with Gasteiger partial charge in [0.1, 0.15) is 0 Å². The molecule has 0 N–H and O–H groups in total. The highest BCUT2D eigenvalue weighted by Crippen LogP contribution is 2.28. The minimum absolute atomic E-state index is 0.247. The van der Waals surface area contributed by atoms with Crippen molar-refractivity contribution in [2.24, 2.45) is 0 Å². The molecule has 2 heterocycles. The molecule has 0 amide bonds. The molecule has 1 aromatic rings. The first kappa shape index (κ1) is 17.7. The third kappa shape index (κ3) is 4.66. The van der Waals surface area contributed by atoms with Crippen molar-refractivity contribution < 1.29 is 4.74 Å². The van der Waals surface area contributed by atoms with Crippen molar-refractivity contribution >= 4 is 6.08 Å². The molecule has 4 heteroatoms. The van der Waals surface area contributed by atoms with E-state index in [1.165, 1.54) is 5.56 Å². The van der Waals surface area contributed by atoms with Crippen LogP contribution in [0.25, 0.3) is 6.08 Å². The Hall–Kier alpha value is -1.65. The van der Waals surface area contributed by atoms with E-state index in [4.69, 9.17) is 9.72 Å². The molecule has 0 saturated carbocycles. The van der Waals surface area contributed by atoms with E-state index in [2.05, 4.69) is 61.7 Å². The van der Waals surface area contributed by atoms with Crippen LogP contribution in [0.15, 0.2) is 30.5 Å². The van der Waals surface area contributed by atoms with Crippen molar-refractivity contribution in [1.29, 1.82) is 0 Å². The topological polar surface area (TPSA) is 28.6 Å². The summed E-state index contributed by atoms with van der Waals surface area (Å²) < 4.78 is 5.59. The van der Waals surface area contributed by atoms with Gasteiger partial charge in [0.25, 0.3) is 0 Å². The molecule has 1 fully saturated rings. The maximum absolute atomic E-state index is 5.59. The van der Waals surface area contributed by atoms with E-state index in [0.29, 0.717) is 6.61 Å². The number of aromatic nitrogens is 1. The fourth-order valence-corrected chi connectivity index (χ4v) is 2.99.